The number of aryl methyl sites for hydroxylation is 1. The SMILES string of the molecule is Cc1[nH]c2ccc(C(=O)NS(=O)(=O)c3ccc(C(F)(F)F)cc3)cc2c1Cc1ccc(Cl)cc1Cl. The predicted octanol–water partition coefficient (Wildman–Crippen LogP) is 6.51. The van der Waals surface area contributed by atoms with Crippen LogP contribution in [0.25, 0.3) is 10.9 Å². The molecule has 0 saturated carbocycles. The van der Waals surface area contributed by atoms with Gasteiger partial charge in [-0.25, -0.2) is 13.1 Å². The van der Waals surface area contributed by atoms with Gasteiger partial charge in [-0.3, -0.25) is 4.79 Å². The summed E-state index contributed by atoms with van der Waals surface area (Å²) in [6.07, 6.45) is -4.17. The van der Waals surface area contributed by atoms with Gasteiger partial charge in [-0.15, -0.1) is 0 Å². The number of carbonyl (C=O) groups is 1. The Kier molecular flexibility index (Phi) is 6.61. The van der Waals surface area contributed by atoms with Crippen LogP contribution < -0.4 is 4.72 Å². The lowest BCUT2D eigenvalue weighted by Crippen LogP contribution is -2.30. The molecule has 2 N–H and O–H groups in total. The Labute approximate surface area is 208 Å². The molecule has 3 aromatic carbocycles. The molecule has 35 heavy (non-hydrogen) atoms. The summed E-state index contributed by atoms with van der Waals surface area (Å²) in [6, 6.07) is 12.7. The van der Waals surface area contributed by atoms with E-state index in [1.165, 1.54) is 6.07 Å². The van der Waals surface area contributed by atoms with Crippen molar-refractivity contribution >= 4 is 50.0 Å². The first kappa shape index (κ1) is 25.1. The van der Waals surface area contributed by atoms with Crippen LogP contribution in [-0.2, 0) is 22.6 Å². The number of fused-ring (bicyclic) bond motifs is 1. The Morgan fingerprint density at radius 1 is 1.00 bits per heavy atom. The molecule has 0 radical (unpaired) electrons. The van der Waals surface area contributed by atoms with E-state index in [1.807, 2.05) is 11.6 Å². The van der Waals surface area contributed by atoms with Crippen LogP contribution in [0.5, 0.6) is 0 Å². The maximum atomic E-state index is 12.8. The normalized spacial score (nSPS) is 12.2. The molecule has 1 amide bonds. The number of nitrogens with one attached hydrogen (secondary N) is 2. The van der Waals surface area contributed by atoms with Crippen molar-refractivity contribution in [3.8, 4) is 0 Å². The summed E-state index contributed by atoms with van der Waals surface area (Å²) in [5, 5.41) is 1.69. The van der Waals surface area contributed by atoms with Crippen molar-refractivity contribution in [1.29, 1.82) is 0 Å². The van der Waals surface area contributed by atoms with Crippen LogP contribution in [0.3, 0.4) is 0 Å². The molecule has 1 heterocycles. The molecule has 4 rings (SSSR count). The number of carbonyl (C=O) groups excluding carboxylic acids is 1. The molecule has 0 saturated heterocycles. The number of halogens is 5. The fraction of sp³-hybridized carbons (Fsp3) is 0.125. The van der Waals surface area contributed by atoms with E-state index in [0.717, 1.165) is 34.5 Å². The zero-order valence-electron chi connectivity index (χ0n) is 18.0. The summed E-state index contributed by atoms with van der Waals surface area (Å²) in [7, 11) is -4.39. The Balaban J connectivity index is 1.62. The number of aromatic amines is 1. The van der Waals surface area contributed by atoms with Crippen LogP contribution in [0, 0.1) is 6.92 Å². The van der Waals surface area contributed by atoms with E-state index in [-0.39, 0.29) is 5.56 Å². The number of rotatable bonds is 5. The van der Waals surface area contributed by atoms with E-state index in [9.17, 15) is 26.4 Å². The third-order valence-corrected chi connectivity index (χ3v) is 7.42. The van der Waals surface area contributed by atoms with Gasteiger partial charge in [0, 0.05) is 38.6 Å². The second kappa shape index (κ2) is 9.22. The molecule has 0 spiro atoms. The zero-order chi connectivity index (χ0) is 25.5. The molecular weight excluding hydrogens is 524 g/mol. The van der Waals surface area contributed by atoms with E-state index in [1.54, 1.807) is 30.3 Å². The Morgan fingerprint density at radius 3 is 2.31 bits per heavy atom. The van der Waals surface area contributed by atoms with Crippen molar-refractivity contribution in [2.45, 2.75) is 24.4 Å². The largest absolute Gasteiger partial charge is 0.416 e. The van der Waals surface area contributed by atoms with Crippen LogP contribution in [0.1, 0.15) is 32.7 Å². The van der Waals surface area contributed by atoms with Crippen molar-refractivity contribution in [2.75, 3.05) is 0 Å². The highest BCUT2D eigenvalue weighted by Gasteiger charge is 2.31. The van der Waals surface area contributed by atoms with E-state index in [4.69, 9.17) is 23.2 Å². The highest BCUT2D eigenvalue weighted by atomic mass is 35.5. The fourth-order valence-electron chi connectivity index (χ4n) is 3.67. The van der Waals surface area contributed by atoms with E-state index in [2.05, 4.69) is 4.98 Å². The van der Waals surface area contributed by atoms with Gasteiger partial charge < -0.3 is 4.98 Å². The molecule has 5 nitrogen and oxygen atoms in total. The number of benzene rings is 3. The molecule has 1 aromatic heterocycles. The molecule has 0 atom stereocenters. The minimum Gasteiger partial charge on any atom is -0.358 e. The summed E-state index contributed by atoms with van der Waals surface area (Å²) in [4.78, 5) is 15.5. The second-order valence-corrected chi connectivity index (χ2v) is 10.4. The third-order valence-electron chi connectivity index (χ3n) is 5.48. The number of amides is 1. The van der Waals surface area contributed by atoms with E-state index < -0.39 is 32.6 Å². The first-order valence-corrected chi connectivity index (χ1v) is 12.4. The lowest BCUT2D eigenvalue weighted by Gasteiger charge is -2.10. The topological polar surface area (TPSA) is 79.0 Å². The van der Waals surface area contributed by atoms with Crippen molar-refractivity contribution in [2.24, 2.45) is 0 Å². The number of hydrogen-bond acceptors (Lipinski definition) is 3. The predicted molar refractivity (Wildman–Crippen MR) is 128 cm³/mol. The van der Waals surface area contributed by atoms with Gasteiger partial charge >= 0.3 is 6.18 Å². The van der Waals surface area contributed by atoms with Gasteiger partial charge in [0.2, 0.25) is 0 Å². The van der Waals surface area contributed by atoms with Gasteiger partial charge in [0.1, 0.15) is 0 Å². The molecule has 0 aliphatic heterocycles. The number of hydrogen-bond donors (Lipinski definition) is 2. The van der Waals surface area contributed by atoms with Crippen LogP contribution in [0.2, 0.25) is 10.0 Å². The average Bonchev–Trinajstić information content (AvgIpc) is 3.09. The number of H-pyrrole nitrogens is 1. The minimum absolute atomic E-state index is 0.0652. The monoisotopic (exact) mass is 540 g/mol. The van der Waals surface area contributed by atoms with Gasteiger partial charge in [-0.2, -0.15) is 13.2 Å². The summed E-state index contributed by atoms with van der Waals surface area (Å²) >= 11 is 12.3. The average molecular weight is 541 g/mol. The minimum atomic E-state index is -4.61. The van der Waals surface area contributed by atoms with E-state index in [0.29, 0.717) is 34.0 Å². The molecule has 0 aliphatic rings. The van der Waals surface area contributed by atoms with Gasteiger partial charge in [-0.1, -0.05) is 29.3 Å². The molecule has 4 aromatic rings. The maximum absolute atomic E-state index is 12.8. The molecule has 0 aliphatic carbocycles. The zero-order valence-corrected chi connectivity index (χ0v) is 20.3. The Morgan fingerprint density at radius 2 is 1.69 bits per heavy atom. The Bertz CT molecular complexity index is 1550. The van der Waals surface area contributed by atoms with Crippen molar-refractivity contribution in [3.63, 3.8) is 0 Å². The molecule has 182 valence electrons. The summed E-state index contributed by atoms with van der Waals surface area (Å²) < 4.78 is 65.3. The number of alkyl halides is 3. The van der Waals surface area contributed by atoms with E-state index >= 15 is 0 Å². The smallest absolute Gasteiger partial charge is 0.358 e. The van der Waals surface area contributed by atoms with Crippen LogP contribution in [-0.4, -0.2) is 19.3 Å². The molecule has 11 heteroatoms. The van der Waals surface area contributed by atoms with Gasteiger partial charge in [-0.05, 0) is 72.6 Å². The van der Waals surface area contributed by atoms with Gasteiger partial charge in [0.05, 0.1) is 10.5 Å². The van der Waals surface area contributed by atoms with Crippen LogP contribution in [0.4, 0.5) is 13.2 Å². The van der Waals surface area contributed by atoms with Crippen LogP contribution in [0.15, 0.2) is 65.6 Å². The molecule has 0 fully saturated rings. The Hall–Kier alpha value is -3.01. The standard InChI is InChI=1S/C24H17Cl2F3N2O3S/c1-13-19(10-14-2-6-17(25)12-21(14)26)20-11-15(3-9-22(20)30-13)23(32)31-35(33,34)18-7-4-16(5-8-18)24(27,28)29/h2-9,11-12,30H,10H2,1H3,(H,31,32). The number of aromatic nitrogens is 1. The van der Waals surface area contributed by atoms with Gasteiger partial charge in [0.15, 0.2) is 0 Å². The van der Waals surface area contributed by atoms with Crippen molar-refractivity contribution < 1.29 is 26.4 Å². The van der Waals surface area contributed by atoms with Crippen LogP contribution >= 0.6 is 23.2 Å². The maximum Gasteiger partial charge on any atom is 0.416 e. The van der Waals surface area contributed by atoms with Crippen molar-refractivity contribution in [1.82, 2.24) is 9.71 Å². The second-order valence-electron chi connectivity index (χ2n) is 7.86. The summed E-state index contributed by atoms with van der Waals surface area (Å²) in [5.74, 6) is -0.916. The highest BCUT2D eigenvalue weighted by molar-refractivity contribution is 7.90. The summed E-state index contributed by atoms with van der Waals surface area (Å²) in [5.41, 5.74) is 2.34. The summed E-state index contributed by atoms with van der Waals surface area (Å²) in [6.45, 7) is 1.87. The molecule has 0 unspecified atom stereocenters. The molecular formula is C24H17Cl2F3N2O3S. The first-order chi connectivity index (χ1) is 16.3. The van der Waals surface area contributed by atoms with Gasteiger partial charge in [0.25, 0.3) is 15.9 Å². The number of sulfonamides is 1. The fourth-order valence-corrected chi connectivity index (χ4v) is 5.12. The highest BCUT2D eigenvalue weighted by Crippen LogP contribution is 2.31. The van der Waals surface area contributed by atoms with Crippen molar-refractivity contribution in [3.05, 3.63) is 98.7 Å². The lowest BCUT2D eigenvalue weighted by molar-refractivity contribution is -0.137. The lowest BCUT2D eigenvalue weighted by atomic mass is 10.0. The third kappa shape index (κ3) is 5.32. The quantitative estimate of drug-likeness (QED) is 0.302. The first-order valence-electron chi connectivity index (χ1n) is 10.1. The molecule has 0 bridgehead atoms.